The molecule has 0 aromatic heterocycles. The van der Waals surface area contributed by atoms with Crippen molar-refractivity contribution >= 4 is 29.4 Å². The number of benzene rings is 3. The summed E-state index contributed by atoms with van der Waals surface area (Å²) in [6.07, 6.45) is -1.62. The van der Waals surface area contributed by atoms with Crippen molar-refractivity contribution in [1.29, 1.82) is 0 Å². The summed E-state index contributed by atoms with van der Waals surface area (Å²) in [5, 5.41) is 16.0. The van der Waals surface area contributed by atoms with Crippen molar-refractivity contribution in [3.05, 3.63) is 95.1 Å². The molecule has 1 unspecified atom stereocenters. The summed E-state index contributed by atoms with van der Waals surface area (Å²) in [7, 11) is 0. The van der Waals surface area contributed by atoms with Crippen LogP contribution in [0.15, 0.2) is 72.8 Å². The van der Waals surface area contributed by atoms with Crippen LogP contribution in [0.25, 0.3) is 11.1 Å². The van der Waals surface area contributed by atoms with Gasteiger partial charge in [-0.15, -0.1) is 0 Å². The molecule has 4 rings (SSSR count). The number of hydrogen-bond donors (Lipinski definition) is 3. The van der Waals surface area contributed by atoms with E-state index < -0.39 is 42.4 Å². The molecule has 0 aliphatic heterocycles. The Kier molecular flexibility index (Phi) is 11.9. The number of rotatable bonds is 16. The third kappa shape index (κ3) is 8.52. The van der Waals surface area contributed by atoms with Crippen molar-refractivity contribution in [3.63, 3.8) is 0 Å². The highest BCUT2D eigenvalue weighted by Crippen LogP contribution is 2.38. The fraction of sp³-hybridized carbons (Fsp3) is 0.361. The van der Waals surface area contributed by atoms with Gasteiger partial charge in [-0.2, -0.15) is 0 Å². The van der Waals surface area contributed by atoms with Crippen LogP contribution in [0.4, 0.5) is 0 Å². The van der Waals surface area contributed by atoms with Crippen LogP contribution < -0.4 is 10.6 Å². The fourth-order valence-electron chi connectivity index (χ4n) is 5.54. The molecule has 3 atom stereocenters. The molecule has 0 saturated heterocycles. The first-order valence-electron chi connectivity index (χ1n) is 15.4. The Morgan fingerprint density at radius 2 is 1.52 bits per heavy atom. The van der Waals surface area contributed by atoms with E-state index in [-0.39, 0.29) is 49.3 Å². The highest BCUT2D eigenvalue weighted by Gasteiger charge is 2.34. The number of ketones is 2. The number of hydrogen-bond acceptors (Lipinski definition) is 8. The van der Waals surface area contributed by atoms with Gasteiger partial charge in [0.05, 0.1) is 25.9 Å². The van der Waals surface area contributed by atoms with Crippen molar-refractivity contribution in [3.8, 4) is 11.1 Å². The van der Waals surface area contributed by atoms with Gasteiger partial charge in [0.2, 0.25) is 5.91 Å². The number of aliphatic hydroxyl groups excluding tert-OH is 1. The number of amides is 2. The van der Waals surface area contributed by atoms with Gasteiger partial charge in [-0.3, -0.25) is 24.0 Å². The van der Waals surface area contributed by atoms with Crippen molar-refractivity contribution < 1.29 is 38.6 Å². The molecule has 0 bridgehead atoms. The monoisotopic (exact) mass is 628 g/mol. The molecular formula is C36H40N2O8. The van der Waals surface area contributed by atoms with Crippen LogP contribution in [0.5, 0.6) is 0 Å². The first-order valence-corrected chi connectivity index (χ1v) is 15.4. The van der Waals surface area contributed by atoms with Crippen LogP contribution in [0.3, 0.4) is 0 Å². The third-order valence-electron chi connectivity index (χ3n) is 7.71. The highest BCUT2D eigenvalue weighted by atomic mass is 16.5. The Morgan fingerprint density at radius 3 is 2.22 bits per heavy atom. The second kappa shape index (κ2) is 16.1. The summed E-state index contributed by atoms with van der Waals surface area (Å²) < 4.78 is 10.6. The summed E-state index contributed by atoms with van der Waals surface area (Å²) in [5.41, 5.74) is 3.41. The second-order valence-corrected chi connectivity index (χ2v) is 11.6. The standard InChI is InChI=1S/C36H40N2O8/c1-4-46-31(40)19-37-36(44)34(42)29(21-45-20-23-11-6-5-7-12-23)38-35(43)24(17-22(2)3)18-30(39)28-16-10-15-26-25-13-8-9-14-27(25)33(41)32(26)28/h5-16,22,24,29,34,42H,4,17-21H2,1-3H3,(H,37,44)(H,38,43)/t24-,29+,34?/m1/s1. The molecule has 10 nitrogen and oxygen atoms in total. The maximum Gasteiger partial charge on any atom is 0.325 e. The zero-order valence-electron chi connectivity index (χ0n) is 26.3. The van der Waals surface area contributed by atoms with Gasteiger partial charge < -0.3 is 25.2 Å². The average molecular weight is 629 g/mol. The summed E-state index contributed by atoms with van der Waals surface area (Å²) in [5.74, 6) is -3.50. The van der Waals surface area contributed by atoms with Gasteiger partial charge in [-0.05, 0) is 36.0 Å². The molecule has 1 aliphatic rings. The first kappa shape index (κ1) is 34.2. The van der Waals surface area contributed by atoms with Gasteiger partial charge >= 0.3 is 5.97 Å². The molecule has 2 amide bonds. The average Bonchev–Trinajstić information content (AvgIpc) is 3.34. The van der Waals surface area contributed by atoms with E-state index in [1.807, 2.05) is 62.4 Å². The summed E-state index contributed by atoms with van der Waals surface area (Å²) >= 11 is 0. The Labute approximate surface area is 268 Å². The Hall–Kier alpha value is -4.67. The number of esters is 1. The molecule has 46 heavy (non-hydrogen) atoms. The zero-order valence-corrected chi connectivity index (χ0v) is 26.3. The lowest BCUT2D eigenvalue weighted by Gasteiger charge is -2.26. The van der Waals surface area contributed by atoms with Crippen LogP contribution in [0, 0.1) is 11.8 Å². The van der Waals surface area contributed by atoms with Gasteiger partial charge in [0.15, 0.2) is 17.7 Å². The normalized spacial score (nSPS) is 13.7. The lowest BCUT2D eigenvalue weighted by atomic mass is 9.87. The van der Waals surface area contributed by atoms with E-state index >= 15 is 0 Å². The SMILES string of the molecule is CCOC(=O)CNC(=O)C(O)[C@H](COCc1ccccc1)NC(=O)[C@@H](CC(=O)c1cccc2c1C(=O)c1ccccc1-2)CC(C)C. The molecule has 0 fully saturated rings. The van der Waals surface area contributed by atoms with E-state index in [9.17, 15) is 29.1 Å². The van der Waals surface area contributed by atoms with Crippen LogP contribution in [-0.2, 0) is 30.5 Å². The molecule has 0 spiro atoms. The molecule has 0 radical (unpaired) electrons. The second-order valence-electron chi connectivity index (χ2n) is 11.6. The molecule has 1 aliphatic carbocycles. The molecule has 3 aromatic carbocycles. The minimum absolute atomic E-state index is 0.0292. The number of Topliss-reactive ketones (excluding diaryl/α,β-unsaturated/α-hetero) is 1. The molecule has 3 aromatic rings. The summed E-state index contributed by atoms with van der Waals surface area (Å²) in [4.78, 5) is 65.3. The number of nitrogens with one attached hydrogen (secondary N) is 2. The van der Waals surface area contributed by atoms with E-state index in [1.165, 1.54) is 0 Å². The predicted molar refractivity (Wildman–Crippen MR) is 171 cm³/mol. The summed E-state index contributed by atoms with van der Waals surface area (Å²) in [6, 6.07) is 20.4. The lowest BCUT2D eigenvalue weighted by molar-refractivity contribution is -0.145. The van der Waals surface area contributed by atoms with Gasteiger partial charge in [0.25, 0.3) is 5.91 Å². The van der Waals surface area contributed by atoms with Crippen molar-refractivity contribution in [2.75, 3.05) is 19.8 Å². The van der Waals surface area contributed by atoms with Gasteiger partial charge in [0, 0.05) is 29.0 Å². The number of carbonyl (C=O) groups is 5. The predicted octanol–water partition coefficient (Wildman–Crippen LogP) is 3.87. The zero-order chi connectivity index (χ0) is 33.2. The van der Waals surface area contributed by atoms with E-state index in [1.54, 1.807) is 31.2 Å². The first-order chi connectivity index (χ1) is 22.1. The number of fused-ring (bicyclic) bond motifs is 3. The van der Waals surface area contributed by atoms with E-state index in [0.717, 1.165) is 11.1 Å². The smallest absolute Gasteiger partial charge is 0.325 e. The van der Waals surface area contributed by atoms with Crippen LogP contribution in [0.1, 0.15) is 65.5 Å². The van der Waals surface area contributed by atoms with E-state index in [0.29, 0.717) is 23.1 Å². The fourth-order valence-corrected chi connectivity index (χ4v) is 5.54. The van der Waals surface area contributed by atoms with Crippen LogP contribution >= 0.6 is 0 Å². The van der Waals surface area contributed by atoms with Crippen LogP contribution in [0.2, 0.25) is 0 Å². The van der Waals surface area contributed by atoms with Crippen molar-refractivity contribution in [1.82, 2.24) is 10.6 Å². The summed E-state index contributed by atoms with van der Waals surface area (Å²) in [6.45, 7) is 5.08. The quantitative estimate of drug-likeness (QED) is 0.125. The topological polar surface area (TPSA) is 148 Å². The molecule has 0 saturated carbocycles. The highest BCUT2D eigenvalue weighted by molar-refractivity contribution is 6.26. The Morgan fingerprint density at radius 1 is 0.848 bits per heavy atom. The molecule has 3 N–H and O–H groups in total. The Bertz CT molecular complexity index is 1570. The van der Waals surface area contributed by atoms with E-state index in [4.69, 9.17) is 9.47 Å². The molecule has 242 valence electrons. The molecular weight excluding hydrogens is 588 g/mol. The third-order valence-corrected chi connectivity index (χ3v) is 7.71. The van der Waals surface area contributed by atoms with Gasteiger partial charge in [0.1, 0.15) is 6.54 Å². The van der Waals surface area contributed by atoms with Gasteiger partial charge in [-0.25, -0.2) is 0 Å². The number of carbonyl (C=O) groups excluding carboxylic acids is 5. The van der Waals surface area contributed by atoms with Gasteiger partial charge in [-0.1, -0.05) is 86.6 Å². The van der Waals surface area contributed by atoms with Crippen LogP contribution in [-0.4, -0.2) is 66.4 Å². The lowest BCUT2D eigenvalue weighted by Crippen LogP contribution is -2.54. The van der Waals surface area contributed by atoms with E-state index in [2.05, 4.69) is 10.6 Å². The maximum atomic E-state index is 13.7. The number of ether oxygens (including phenoxy) is 2. The minimum atomic E-state index is -1.77. The maximum absolute atomic E-state index is 13.7. The van der Waals surface area contributed by atoms with Crippen molar-refractivity contribution in [2.24, 2.45) is 11.8 Å². The minimum Gasteiger partial charge on any atom is -0.465 e. The molecule has 10 heteroatoms. The largest absolute Gasteiger partial charge is 0.465 e. The Balaban J connectivity index is 1.51. The number of aliphatic hydroxyl groups is 1. The van der Waals surface area contributed by atoms with Crippen molar-refractivity contribution in [2.45, 2.75) is 52.4 Å². The molecule has 0 heterocycles.